The fraction of sp³-hybridized carbons (Fsp3) is 0.381. The van der Waals surface area contributed by atoms with Crippen LogP contribution in [0, 0.1) is 5.92 Å². The molecule has 2 aromatic heterocycles. The van der Waals surface area contributed by atoms with Crippen LogP contribution in [0.2, 0.25) is 0 Å². The molecular formula is C21H26N6O3. The van der Waals surface area contributed by atoms with Crippen LogP contribution in [0.25, 0.3) is 5.65 Å². The molecular weight excluding hydrogens is 384 g/mol. The lowest BCUT2D eigenvalue weighted by atomic mass is 10.0. The van der Waals surface area contributed by atoms with Crippen LogP contribution in [0.4, 0.5) is 5.82 Å². The van der Waals surface area contributed by atoms with Crippen LogP contribution < -0.4 is 10.6 Å². The van der Waals surface area contributed by atoms with Crippen LogP contribution in [0.15, 0.2) is 42.5 Å². The van der Waals surface area contributed by atoms with Crippen molar-refractivity contribution in [3.8, 4) is 0 Å². The van der Waals surface area contributed by atoms with Gasteiger partial charge >= 0.3 is 5.97 Å². The minimum Gasteiger partial charge on any atom is -0.467 e. The molecule has 0 saturated carbocycles. The van der Waals surface area contributed by atoms with Crippen LogP contribution in [0.1, 0.15) is 31.7 Å². The minimum absolute atomic E-state index is 0.0739. The van der Waals surface area contributed by atoms with Crippen molar-refractivity contribution in [1.82, 2.24) is 25.1 Å². The highest BCUT2D eigenvalue weighted by atomic mass is 16.5. The third-order valence-corrected chi connectivity index (χ3v) is 4.66. The Bertz CT molecular complexity index is 1000. The Morgan fingerprint density at radius 1 is 1.10 bits per heavy atom. The van der Waals surface area contributed by atoms with Crippen molar-refractivity contribution in [2.45, 2.75) is 39.3 Å². The molecule has 9 heteroatoms. The first kappa shape index (κ1) is 21.2. The highest BCUT2D eigenvalue weighted by molar-refractivity contribution is 5.84. The summed E-state index contributed by atoms with van der Waals surface area (Å²) in [4.78, 5) is 24.1. The summed E-state index contributed by atoms with van der Waals surface area (Å²) in [6.07, 6.45) is 0.498. The Hall–Kier alpha value is -3.49. The third kappa shape index (κ3) is 5.31. The number of nitrogens with one attached hydrogen (secondary N) is 2. The molecule has 0 unspecified atom stereocenters. The van der Waals surface area contributed by atoms with Gasteiger partial charge in [0.25, 0.3) is 0 Å². The molecule has 3 rings (SSSR count). The summed E-state index contributed by atoms with van der Waals surface area (Å²) < 4.78 is 6.38. The SMILES string of the molecule is COC(=O)[C@H](NC(=O)CCc1nnc2ccc(NCc3ccccc3)nn12)C(C)C. The van der Waals surface area contributed by atoms with E-state index in [0.717, 1.165) is 5.56 Å². The molecule has 0 radical (unpaired) electrons. The van der Waals surface area contributed by atoms with E-state index in [1.165, 1.54) is 7.11 Å². The van der Waals surface area contributed by atoms with Crippen LogP contribution in [-0.4, -0.2) is 44.8 Å². The molecule has 1 aromatic carbocycles. The summed E-state index contributed by atoms with van der Waals surface area (Å²) in [7, 11) is 1.31. The molecule has 30 heavy (non-hydrogen) atoms. The zero-order valence-electron chi connectivity index (χ0n) is 17.3. The van der Waals surface area contributed by atoms with E-state index in [1.54, 1.807) is 4.52 Å². The second kappa shape index (κ2) is 9.82. The van der Waals surface area contributed by atoms with E-state index >= 15 is 0 Å². The number of fused-ring (bicyclic) bond motifs is 1. The Morgan fingerprint density at radius 3 is 2.57 bits per heavy atom. The second-order valence-electron chi connectivity index (χ2n) is 7.26. The van der Waals surface area contributed by atoms with E-state index in [1.807, 2.05) is 56.3 Å². The van der Waals surface area contributed by atoms with E-state index < -0.39 is 12.0 Å². The number of amides is 1. The lowest BCUT2D eigenvalue weighted by Crippen LogP contribution is -2.45. The van der Waals surface area contributed by atoms with E-state index in [-0.39, 0.29) is 18.2 Å². The van der Waals surface area contributed by atoms with Crippen LogP contribution >= 0.6 is 0 Å². The van der Waals surface area contributed by atoms with E-state index in [9.17, 15) is 9.59 Å². The normalized spacial score (nSPS) is 12.0. The van der Waals surface area contributed by atoms with Gasteiger partial charge in [-0.2, -0.15) is 4.52 Å². The number of aryl methyl sites for hydroxylation is 1. The number of nitrogens with zero attached hydrogens (tertiary/aromatic N) is 4. The summed E-state index contributed by atoms with van der Waals surface area (Å²) in [6.45, 7) is 4.34. The first-order valence-corrected chi connectivity index (χ1v) is 9.84. The summed E-state index contributed by atoms with van der Waals surface area (Å²) >= 11 is 0. The fourth-order valence-electron chi connectivity index (χ4n) is 2.97. The van der Waals surface area contributed by atoms with E-state index in [4.69, 9.17) is 4.74 Å². The van der Waals surface area contributed by atoms with Gasteiger partial charge in [-0.1, -0.05) is 44.2 Å². The molecule has 2 heterocycles. The first-order chi connectivity index (χ1) is 14.5. The van der Waals surface area contributed by atoms with Gasteiger partial charge in [-0.05, 0) is 23.6 Å². The van der Waals surface area contributed by atoms with Gasteiger partial charge in [0, 0.05) is 19.4 Å². The maximum absolute atomic E-state index is 12.3. The summed E-state index contributed by atoms with van der Waals surface area (Å²) in [5.41, 5.74) is 1.75. The average Bonchev–Trinajstić information content (AvgIpc) is 3.16. The molecule has 0 aliphatic rings. The molecule has 0 aliphatic heterocycles. The molecule has 0 bridgehead atoms. The van der Waals surface area contributed by atoms with Crippen molar-refractivity contribution in [2.75, 3.05) is 12.4 Å². The highest BCUT2D eigenvalue weighted by Gasteiger charge is 2.24. The summed E-state index contributed by atoms with van der Waals surface area (Å²) in [5.74, 6) is 0.469. The molecule has 9 nitrogen and oxygen atoms in total. The van der Waals surface area contributed by atoms with Gasteiger partial charge in [0.15, 0.2) is 11.5 Å². The Kier molecular flexibility index (Phi) is 6.95. The molecule has 3 aromatic rings. The number of hydrogen-bond donors (Lipinski definition) is 2. The topological polar surface area (TPSA) is 111 Å². The molecule has 2 N–H and O–H groups in total. The molecule has 0 spiro atoms. The van der Waals surface area contributed by atoms with Gasteiger partial charge in [0.1, 0.15) is 11.9 Å². The monoisotopic (exact) mass is 410 g/mol. The lowest BCUT2D eigenvalue weighted by molar-refractivity contribution is -0.146. The molecule has 0 saturated heterocycles. The Labute approximate surface area is 174 Å². The average molecular weight is 410 g/mol. The standard InChI is InChI=1S/C21H26N6O3/c1-14(2)20(21(29)30-3)23-19(28)12-11-18-25-24-17-10-9-16(26-27(17)18)22-13-15-7-5-4-6-8-15/h4-10,14,20H,11-13H2,1-3H3,(H,22,26)(H,23,28)/t20-/m1/s1. The zero-order chi connectivity index (χ0) is 21.5. The number of carbonyl (C=O) groups excluding carboxylic acids is 2. The zero-order valence-corrected chi connectivity index (χ0v) is 17.3. The molecule has 0 aliphatic carbocycles. The van der Waals surface area contributed by atoms with Crippen LogP contribution in [0.5, 0.6) is 0 Å². The first-order valence-electron chi connectivity index (χ1n) is 9.84. The predicted octanol–water partition coefficient (Wildman–Crippen LogP) is 1.98. The Balaban J connectivity index is 1.63. The van der Waals surface area contributed by atoms with Crippen LogP contribution in [0.3, 0.4) is 0 Å². The van der Waals surface area contributed by atoms with Gasteiger partial charge in [-0.15, -0.1) is 15.3 Å². The van der Waals surface area contributed by atoms with Gasteiger partial charge < -0.3 is 15.4 Å². The number of ether oxygens (including phenoxy) is 1. The number of aromatic nitrogens is 4. The van der Waals surface area contributed by atoms with Gasteiger partial charge in [-0.3, -0.25) is 4.79 Å². The number of anilines is 1. The number of carbonyl (C=O) groups is 2. The second-order valence-corrected chi connectivity index (χ2v) is 7.26. The van der Waals surface area contributed by atoms with Gasteiger partial charge in [0.2, 0.25) is 5.91 Å². The molecule has 1 atom stereocenters. The van der Waals surface area contributed by atoms with Gasteiger partial charge in [-0.25, -0.2) is 4.79 Å². The summed E-state index contributed by atoms with van der Waals surface area (Å²) in [6, 6.07) is 13.0. The number of esters is 1. The van der Waals surface area contributed by atoms with Crippen molar-refractivity contribution in [2.24, 2.45) is 5.92 Å². The van der Waals surface area contributed by atoms with Crippen molar-refractivity contribution >= 4 is 23.3 Å². The Morgan fingerprint density at radius 2 is 1.87 bits per heavy atom. The molecule has 1 amide bonds. The largest absolute Gasteiger partial charge is 0.467 e. The van der Waals surface area contributed by atoms with Crippen molar-refractivity contribution < 1.29 is 14.3 Å². The maximum atomic E-state index is 12.3. The maximum Gasteiger partial charge on any atom is 0.328 e. The summed E-state index contributed by atoms with van der Waals surface area (Å²) in [5, 5.41) is 18.8. The fourth-order valence-corrected chi connectivity index (χ4v) is 2.97. The van der Waals surface area contributed by atoms with Crippen LogP contribution in [-0.2, 0) is 27.3 Å². The predicted molar refractivity (Wildman–Crippen MR) is 112 cm³/mol. The van der Waals surface area contributed by atoms with Crippen molar-refractivity contribution in [1.29, 1.82) is 0 Å². The highest BCUT2D eigenvalue weighted by Crippen LogP contribution is 2.11. The molecule has 158 valence electrons. The van der Waals surface area contributed by atoms with Gasteiger partial charge in [0.05, 0.1) is 7.11 Å². The quantitative estimate of drug-likeness (QED) is 0.519. The van der Waals surface area contributed by atoms with Crippen molar-refractivity contribution in [3.63, 3.8) is 0 Å². The number of hydrogen-bond acceptors (Lipinski definition) is 7. The van der Waals surface area contributed by atoms with E-state index in [0.29, 0.717) is 30.3 Å². The number of methoxy groups -OCH3 is 1. The van der Waals surface area contributed by atoms with E-state index in [2.05, 4.69) is 25.9 Å². The minimum atomic E-state index is -0.676. The smallest absolute Gasteiger partial charge is 0.328 e. The third-order valence-electron chi connectivity index (χ3n) is 4.66. The molecule has 0 fully saturated rings. The number of rotatable bonds is 9. The number of benzene rings is 1. The lowest BCUT2D eigenvalue weighted by Gasteiger charge is -2.19. The van der Waals surface area contributed by atoms with Crippen molar-refractivity contribution in [3.05, 3.63) is 53.9 Å².